The Hall–Kier alpha value is -2.48. The van der Waals surface area contributed by atoms with E-state index in [9.17, 15) is 4.79 Å². The summed E-state index contributed by atoms with van der Waals surface area (Å²) >= 11 is 1.74. The van der Waals surface area contributed by atoms with Crippen molar-refractivity contribution >= 4 is 29.3 Å². The molecule has 1 aromatic carbocycles. The number of hydrogen-bond acceptors (Lipinski definition) is 7. The topological polar surface area (TPSA) is 70.6 Å². The Bertz CT molecular complexity index is 835. The number of aryl methyl sites for hydroxylation is 2. The first-order chi connectivity index (χ1) is 14.5. The van der Waals surface area contributed by atoms with Gasteiger partial charge < -0.3 is 19.9 Å². The fourth-order valence-electron chi connectivity index (χ4n) is 3.65. The van der Waals surface area contributed by atoms with Gasteiger partial charge in [-0.1, -0.05) is 6.07 Å². The van der Waals surface area contributed by atoms with Gasteiger partial charge in [-0.25, -0.2) is 9.97 Å². The lowest BCUT2D eigenvalue weighted by atomic mass is 10.1. The number of carbonyl (C=O) groups excluding carboxylic acids is 1. The van der Waals surface area contributed by atoms with E-state index in [0.29, 0.717) is 19.0 Å². The molecule has 30 heavy (non-hydrogen) atoms. The third-order valence-corrected chi connectivity index (χ3v) is 5.85. The van der Waals surface area contributed by atoms with Gasteiger partial charge >= 0.3 is 0 Å². The zero-order valence-corrected chi connectivity index (χ0v) is 19.0. The molecule has 1 N–H and O–H groups in total. The Morgan fingerprint density at radius 2 is 1.87 bits per heavy atom. The molecule has 3 rings (SSSR count). The first-order valence-electron chi connectivity index (χ1n) is 10.3. The highest BCUT2D eigenvalue weighted by atomic mass is 32.2. The third kappa shape index (κ3) is 5.78. The predicted molar refractivity (Wildman–Crippen MR) is 124 cm³/mol. The van der Waals surface area contributed by atoms with Crippen LogP contribution in [0.1, 0.15) is 17.8 Å². The summed E-state index contributed by atoms with van der Waals surface area (Å²) in [4.78, 5) is 26.4. The number of amides is 1. The minimum atomic E-state index is -0.318. The minimum absolute atomic E-state index is 0.122. The summed E-state index contributed by atoms with van der Waals surface area (Å²) in [6.07, 6.45) is 2.80. The van der Waals surface area contributed by atoms with Gasteiger partial charge in [0.25, 0.3) is 0 Å². The highest BCUT2D eigenvalue weighted by Gasteiger charge is 2.28. The molecule has 2 heterocycles. The maximum Gasteiger partial charge on any atom is 0.245 e. The lowest BCUT2D eigenvalue weighted by Gasteiger charge is -2.37. The van der Waals surface area contributed by atoms with Crippen LogP contribution in [0.5, 0.6) is 5.75 Å². The van der Waals surface area contributed by atoms with Crippen LogP contribution in [0.4, 0.5) is 11.6 Å². The monoisotopic (exact) mass is 429 g/mol. The summed E-state index contributed by atoms with van der Waals surface area (Å²) in [5.41, 5.74) is 2.92. The number of nitrogens with one attached hydrogen (secondary N) is 1. The van der Waals surface area contributed by atoms with E-state index in [1.54, 1.807) is 18.9 Å². The van der Waals surface area contributed by atoms with E-state index in [1.807, 2.05) is 43.0 Å². The second kappa shape index (κ2) is 10.5. The van der Waals surface area contributed by atoms with Gasteiger partial charge in [-0.2, -0.15) is 11.8 Å². The van der Waals surface area contributed by atoms with Gasteiger partial charge in [0.05, 0.1) is 7.11 Å². The van der Waals surface area contributed by atoms with E-state index < -0.39 is 0 Å². The molecule has 1 aliphatic rings. The number of methoxy groups -OCH3 is 1. The third-order valence-electron chi connectivity index (χ3n) is 5.20. The van der Waals surface area contributed by atoms with Crippen LogP contribution in [-0.4, -0.2) is 72.1 Å². The van der Waals surface area contributed by atoms with Crippen LogP contribution in [0.3, 0.4) is 0 Å². The second-order valence-corrected chi connectivity index (χ2v) is 8.45. The molecule has 0 radical (unpaired) electrons. The summed E-state index contributed by atoms with van der Waals surface area (Å²) in [6.45, 7) is 6.87. The van der Waals surface area contributed by atoms with Crippen molar-refractivity contribution in [3.05, 3.63) is 41.7 Å². The van der Waals surface area contributed by atoms with Gasteiger partial charge in [0.15, 0.2) is 0 Å². The number of piperazine rings is 1. The number of ether oxygens (including phenoxy) is 1. The van der Waals surface area contributed by atoms with Crippen LogP contribution in [0.2, 0.25) is 0 Å². The van der Waals surface area contributed by atoms with Gasteiger partial charge in [0.1, 0.15) is 11.8 Å². The van der Waals surface area contributed by atoms with Gasteiger partial charge in [0, 0.05) is 49.3 Å². The first-order valence-corrected chi connectivity index (χ1v) is 11.6. The molecule has 1 amide bonds. The fourth-order valence-corrected chi connectivity index (χ4v) is 4.12. The molecule has 1 aliphatic heterocycles. The summed E-state index contributed by atoms with van der Waals surface area (Å²) < 4.78 is 5.33. The van der Waals surface area contributed by atoms with Crippen LogP contribution in [0.25, 0.3) is 0 Å². The molecule has 1 saturated heterocycles. The summed E-state index contributed by atoms with van der Waals surface area (Å²) in [5, 5.41) is 3.29. The highest BCUT2D eigenvalue weighted by molar-refractivity contribution is 7.98. The van der Waals surface area contributed by atoms with Crippen LogP contribution >= 0.6 is 11.8 Å². The van der Waals surface area contributed by atoms with Crippen LogP contribution in [0, 0.1) is 13.8 Å². The predicted octanol–water partition coefficient (Wildman–Crippen LogP) is 2.98. The highest BCUT2D eigenvalue weighted by Crippen LogP contribution is 2.22. The van der Waals surface area contributed by atoms with Gasteiger partial charge in [-0.05, 0) is 50.5 Å². The molecule has 0 unspecified atom stereocenters. The molecule has 0 saturated carbocycles. The average molecular weight is 430 g/mol. The zero-order chi connectivity index (χ0) is 21.5. The van der Waals surface area contributed by atoms with E-state index in [0.717, 1.165) is 48.1 Å². The van der Waals surface area contributed by atoms with Crippen molar-refractivity contribution in [3.63, 3.8) is 0 Å². The number of benzene rings is 1. The number of nitrogens with zero attached hydrogens (tertiary/aromatic N) is 4. The average Bonchev–Trinajstić information content (AvgIpc) is 2.75. The van der Waals surface area contributed by atoms with Crippen molar-refractivity contribution in [2.24, 2.45) is 0 Å². The Labute approximate surface area is 183 Å². The summed E-state index contributed by atoms with van der Waals surface area (Å²) in [6, 6.07) is 9.68. The smallest absolute Gasteiger partial charge is 0.245 e. The SMILES string of the molecule is COc1cccc(N2CCN(C(=O)[C@H](CCSC)Nc3nc(C)cc(C)n3)CC2)c1. The van der Waals surface area contributed by atoms with Crippen LogP contribution in [0.15, 0.2) is 30.3 Å². The van der Waals surface area contributed by atoms with E-state index in [-0.39, 0.29) is 11.9 Å². The molecule has 7 nitrogen and oxygen atoms in total. The Kier molecular flexibility index (Phi) is 7.79. The van der Waals surface area contributed by atoms with Crippen molar-refractivity contribution in [1.29, 1.82) is 0 Å². The van der Waals surface area contributed by atoms with Crippen molar-refractivity contribution in [2.45, 2.75) is 26.3 Å². The second-order valence-electron chi connectivity index (χ2n) is 7.47. The first kappa shape index (κ1) is 22.2. The maximum atomic E-state index is 13.3. The Balaban J connectivity index is 1.64. The summed E-state index contributed by atoms with van der Waals surface area (Å²) in [5.74, 6) is 2.40. The number of carbonyl (C=O) groups is 1. The van der Waals surface area contributed by atoms with Crippen LogP contribution < -0.4 is 15.0 Å². The standard InChI is InChI=1S/C22H31N5O2S/c1-16-14-17(2)24-22(23-16)25-20(8-13-30-4)21(28)27-11-9-26(10-12-27)18-6-5-7-19(15-18)29-3/h5-7,14-15,20H,8-13H2,1-4H3,(H,23,24,25)/t20-/m0/s1. The zero-order valence-electron chi connectivity index (χ0n) is 18.2. The molecule has 0 spiro atoms. The van der Waals surface area contributed by atoms with E-state index in [1.165, 1.54) is 0 Å². The maximum absolute atomic E-state index is 13.3. The van der Waals surface area contributed by atoms with E-state index in [4.69, 9.17) is 4.74 Å². The number of rotatable bonds is 8. The van der Waals surface area contributed by atoms with Crippen molar-refractivity contribution in [3.8, 4) is 5.75 Å². The van der Waals surface area contributed by atoms with E-state index >= 15 is 0 Å². The molecular formula is C22H31N5O2S. The van der Waals surface area contributed by atoms with E-state index in [2.05, 4.69) is 32.5 Å². The molecule has 8 heteroatoms. The lowest BCUT2D eigenvalue weighted by molar-refractivity contribution is -0.132. The molecule has 1 aromatic heterocycles. The minimum Gasteiger partial charge on any atom is -0.497 e. The molecule has 0 bridgehead atoms. The van der Waals surface area contributed by atoms with Crippen molar-refractivity contribution in [1.82, 2.24) is 14.9 Å². The quantitative estimate of drug-likeness (QED) is 0.692. The number of thioether (sulfide) groups is 1. The van der Waals surface area contributed by atoms with Crippen LogP contribution in [-0.2, 0) is 4.79 Å². The molecule has 1 fully saturated rings. The summed E-state index contributed by atoms with van der Waals surface area (Å²) in [7, 11) is 1.68. The van der Waals surface area contributed by atoms with Gasteiger partial charge in [-0.15, -0.1) is 0 Å². The molecule has 1 atom stereocenters. The largest absolute Gasteiger partial charge is 0.497 e. The lowest BCUT2D eigenvalue weighted by Crippen LogP contribution is -2.53. The van der Waals surface area contributed by atoms with Gasteiger partial charge in [0.2, 0.25) is 11.9 Å². The van der Waals surface area contributed by atoms with Crippen molar-refractivity contribution < 1.29 is 9.53 Å². The fraction of sp³-hybridized carbons (Fsp3) is 0.500. The normalized spacial score (nSPS) is 15.1. The van der Waals surface area contributed by atoms with Crippen molar-refractivity contribution in [2.75, 3.05) is 55.5 Å². The number of hydrogen-bond donors (Lipinski definition) is 1. The molecular weight excluding hydrogens is 398 g/mol. The molecule has 2 aromatic rings. The Morgan fingerprint density at radius 1 is 1.17 bits per heavy atom. The Morgan fingerprint density at radius 3 is 2.50 bits per heavy atom. The van der Waals surface area contributed by atoms with Gasteiger partial charge in [-0.3, -0.25) is 4.79 Å². The molecule has 0 aliphatic carbocycles. The number of aromatic nitrogens is 2. The molecule has 162 valence electrons. The number of anilines is 2.